The molecule has 11 nitrogen and oxygen atoms in total. The van der Waals surface area contributed by atoms with Gasteiger partial charge in [-0.15, -0.1) is 11.3 Å². The van der Waals surface area contributed by atoms with Crippen LogP contribution < -0.4 is 14.8 Å². The number of nitrogens with one attached hydrogen (secondary N) is 2. The molecule has 0 saturated carbocycles. The van der Waals surface area contributed by atoms with Crippen LogP contribution in [0.15, 0.2) is 82.4 Å². The van der Waals surface area contributed by atoms with Crippen LogP contribution in [0.3, 0.4) is 0 Å². The molecule has 1 aliphatic heterocycles. The first-order valence-electron chi connectivity index (χ1n) is 16.9. The van der Waals surface area contributed by atoms with Crippen LogP contribution in [0.2, 0.25) is 0 Å². The third kappa shape index (κ3) is 9.13. The first-order valence-corrected chi connectivity index (χ1v) is 19.2. The highest BCUT2D eigenvalue weighted by Crippen LogP contribution is 2.30. The minimum Gasteiger partial charge on any atom is -0.490 e. The van der Waals surface area contributed by atoms with Crippen molar-refractivity contribution in [2.45, 2.75) is 62.5 Å². The molecule has 0 radical (unpaired) electrons. The number of amides is 3. The molecule has 3 N–H and O–H groups in total. The Bertz CT molecular complexity index is 1860. The molecule has 268 valence electrons. The molecule has 0 fully saturated rings. The number of fused-ring (bicyclic) bond motifs is 2. The molecule has 0 saturated heterocycles. The van der Waals surface area contributed by atoms with E-state index in [9.17, 15) is 23.1 Å². The Labute approximate surface area is 298 Å². The van der Waals surface area contributed by atoms with Crippen molar-refractivity contribution in [3.63, 3.8) is 0 Å². The maximum Gasteiger partial charge on any atom is 0.321 e. The SMILES string of the molecule is C[C@@H]1CCCCO[C@@H](CN(C)C(=O)Nc2cccc3ccccc23)[C@H](C)CN([C@@H](C)CO)C(=O)c2cc(NS(=O)(=O)c3cccs3)ccc2O1. The Morgan fingerprint density at radius 3 is 2.62 bits per heavy atom. The van der Waals surface area contributed by atoms with Crippen molar-refractivity contribution in [1.29, 1.82) is 0 Å². The smallest absolute Gasteiger partial charge is 0.321 e. The summed E-state index contributed by atoms with van der Waals surface area (Å²) in [4.78, 5) is 31.0. The van der Waals surface area contributed by atoms with Crippen LogP contribution in [-0.2, 0) is 14.8 Å². The van der Waals surface area contributed by atoms with Crippen molar-refractivity contribution >= 4 is 55.4 Å². The van der Waals surface area contributed by atoms with E-state index in [1.807, 2.05) is 56.3 Å². The number of nitrogens with zero attached hydrogens (tertiary/aromatic N) is 2. The number of ether oxygens (including phenoxy) is 2. The van der Waals surface area contributed by atoms with Crippen molar-refractivity contribution in [2.75, 3.05) is 43.4 Å². The lowest BCUT2D eigenvalue weighted by molar-refractivity contribution is -0.0115. The summed E-state index contributed by atoms with van der Waals surface area (Å²) in [6.45, 7) is 6.27. The average molecular weight is 723 g/mol. The monoisotopic (exact) mass is 722 g/mol. The van der Waals surface area contributed by atoms with Crippen molar-refractivity contribution in [1.82, 2.24) is 9.80 Å². The van der Waals surface area contributed by atoms with Crippen LogP contribution in [-0.4, -0.2) is 86.9 Å². The molecule has 1 aliphatic rings. The van der Waals surface area contributed by atoms with Gasteiger partial charge in [-0.05, 0) is 74.2 Å². The first kappa shape index (κ1) is 37.1. The molecule has 4 aromatic rings. The standard InChI is InChI=1S/C37H46N4O7S2/c1-25-22-41(26(2)24-42)36(43)31-21-29(39-50(45,46)35-16-10-20-49-35)17-18-33(31)48-27(3)11-7-8-19-47-34(25)23-40(4)37(44)38-32-15-9-13-28-12-5-6-14-30(28)32/h5-6,9-10,12-18,20-21,25-27,34,39,42H,7-8,11,19,22-24H2,1-4H3,(H,38,44)/t25-,26+,27-,34+/m1/s1. The molecule has 4 atom stereocenters. The lowest BCUT2D eigenvalue weighted by Gasteiger charge is -2.35. The topological polar surface area (TPSA) is 138 Å². The van der Waals surface area contributed by atoms with E-state index in [4.69, 9.17) is 9.47 Å². The van der Waals surface area contributed by atoms with E-state index in [0.29, 0.717) is 24.5 Å². The zero-order valence-corrected chi connectivity index (χ0v) is 30.5. The molecule has 3 amide bonds. The zero-order valence-electron chi connectivity index (χ0n) is 28.9. The molecule has 1 aromatic heterocycles. The molecule has 2 heterocycles. The van der Waals surface area contributed by atoms with Crippen LogP contribution in [0, 0.1) is 5.92 Å². The zero-order chi connectivity index (χ0) is 35.8. The number of benzene rings is 3. The molecule has 0 unspecified atom stereocenters. The number of hydrogen-bond acceptors (Lipinski definition) is 8. The van der Waals surface area contributed by atoms with Crippen molar-refractivity contribution in [3.05, 3.63) is 83.7 Å². The Kier molecular flexibility index (Phi) is 12.4. The van der Waals surface area contributed by atoms with Gasteiger partial charge in [0.05, 0.1) is 36.1 Å². The van der Waals surface area contributed by atoms with Gasteiger partial charge in [-0.2, -0.15) is 0 Å². The predicted molar refractivity (Wildman–Crippen MR) is 198 cm³/mol. The van der Waals surface area contributed by atoms with Gasteiger partial charge in [-0.25, -0.2) is 13.2 Å². The van der Waals surface area contributed by atoms with E-state index in [-0.39, 0.29) is 53.2 Å². The third-order valence-corrected chi connectivity index (χ3v) is 11.7. The number of carbonyl (C=O) groups excluding carboxylic acids is 2. The second-order valence-electron chi connectivity index (χ2n) is 12.9. The summed E-state index contributed by atoms with van der Waals surface area (Å²) in [5, 5.41) is 16.9. The number of hydrogen-bond donors (Lipinski definition) is 3. The summed E-state index contributed by atoms with van der Waals surface area (Å²) >= 11 is 1.09. The third-order valence-electron chi connectivity index (χ3n) is 8.90. The number of anilines is 2. The quantitative estimate of drug-likeness (QED) is 0.185. The summed E-state index contributed by atoms with van der Waals surface area (Å²) in [5.74, 6) is -0.345. The first-order chi connectivity index (χ1) is 24.0. The Hall–Kier alpha value is -4.17. The minimum absolute atomic E-state index is 0.153. The van der Waals surface area contributed by atoms with Gasteiger partial charge < -0.3 is 29.7 Å². The molecular weight excluding hydrogens is 677 g/mol. The highest BCUT2D eigenvalue weighted by Gasteiger charge is 2.31. The summed E-state index contributed by atoms with van der Waals surface area (Å²) in [7, 11) is -2.15. The van der Waals surface area contributed by atoms with Crippen molar-refractivity contribution in [2.24, 2.45) is 5.92 Å². The molecule has 0 aliphatic carbocycles. The fourth-order valence-electron chi connectivity index (χ4n) is 5.97. The van der Waals surface area contributed by atoms with E-state index in [0.717, 1.165) is 35.0 Å². The average Bonchev–Trinajstić information content (AvgIpc) is 3.66. The summed E-state index contributed by atoms with van der Waals surface area (Å²) in [5.41, 5.74) is 1.10. The summed E-state index contributed by atoms with van der Waals surface area (Å²) in [6, 6.07) is 20.6. The largest absolute Gasteiger partial charge is 0.490 e. The van der Waals surface area contributed by atoms with Gasteiger partial charge in [0.1, 0.15) is 9.96 Å². The van der Waals surface area contributed by atoms with Gasteiger partial charge in [-0.1, -0.05) is 49.4 Å². The highest BCUT2D eigenvalue weighted by molar-refractivity contribution is 7.94. The maximum atomic E-state index is 14.4. The van der Waals surface area contributed by atoms with Gasteiger partial charge in [0.25, 0.3) is 15.9 Å². The van der Waals surface area contributed by atoms with Crippen molar-refractivity contribution < 1.29 is 32.6 Å². The molecule has 3 aromatic carbocycles. The molecular formula is C37H46N4O7S2. The lowest BCUT2D eigenvalue weighted by atomic mass is 10.0. The predicted octanol–water partition coefficient (Wildman–Crippen LogP) is 6.66. The van der Waals surface area contributed by atoms with E-state index in [1.165, 1.54) is 12.1 Å². The number of rotatable bonds is 8. The maximum absolute atomic E-state index is 14.4. The van der Waals surface area contributed by atoms with Gasteiger partial charge in [0.15, 0.2) is 0 Å². The Morgan fingerprint density at radius 1 is 1.08 bits per heavy atom. The molecule has 50 heavy (non-hydrogen) atoms. The van der Waals surface area contributed by atoms with Crippen molar-refractivity contribution in [3.8, 4) is 5.75 Å². The summed E-state index contributed by atoms with van der Waals surface area (Å²) in [6.07, 6.45) is 1.62. The van der Waals surface area contributed by atoms with Gasteiger partial charge in [0.2, 0.25) is 0 Å². The van der Waals surface area contributed by atoms with Crippen LogP contribution in [0.4, 0.5) is 16.2 Å². The lowest BCUT2D eigenvalue weighted by Crippen LogP contribution is -2.48. The fourth-order valence-corrected chi connectivity index (χ4v) is 8.01. The number of urea groups is 1. The Balaban J connectivity index is 1.40. The normalized spacial score (nSPS) is 19.9. The fraction of sp³-hybridized carbons (Fsp3) is 0.405. The number of aliphatic hydroxyl groups excluding tert-OH is 1. The van der Waals surface area contributed by atoms with Gasteiger partial charge in [0, 0.05) is 43.7 Å². The highest BCUT2D eigenvalue weighted by atomic mass is 32.2. The van der Waals surface area contributed by atoms with E-state index in [2.05, 4.69) is 10.0 Å². The van der Waals surface area contributed by atoms with Gasteiger partial charge in [-0.3, -0.25) is 9.52 Å². The van der Waals surface area contributed by atoms with Crippen LogP contribution in [0.5, 0.6) is 5.75 Å². The van der Waals surface area contributed by atoms with Gasteiger partial charge >= 0.3 is 6.03 Å². The number of thiophene rings is 1. The number of sulfonamides is 1. The van der Waals surface area contributed by atoms with Crippen LogP contribution in [0.25, 0.3) is 10.8 Å². The molecule has 0 bridgehead atoms. The number of aliphatic hydroxyl groups is 1. The second kappa shape index (κ2) is 16.7. The Morgan fingerprint density at radius 2 is 1.86 bits per heavy atom. The van der Waals surface area contributed by atoms with E-state index >= 15 is 0 Å². The molecule has 13 heteroatoms. The van der Waals surface area contributed by atoms with Crippen LogP contribution in [0.1, 0.15) is 50.4 Å². The minimum atomic E-state index is -3.86. The number of likely N-dealkylation sites (N-methyl/N-ethyl adjacent to an activating group) is 1. The number of carbonyl (C=O) groups is 2. The molecule has 0 spiro atoms. The van der Waals surface area contributed by atoms with E-state index in [1.54, 1.807) is 47.4 Å². The van der Waals surface area contributed by atoms with Crippen LogP contribution >= 0.6 is 11.3 Å². The van der Waals surface area contributed by atoms with E-state index < -0.39 is 28.1 Å². The second-order valence-corrected chi connectivity index (χ2v) is 15.7. The molecule has 5 rings (SSSR count). The summed E-state index contributed by atoms with van der Waals surface area (Å²) < 4.78 is 41.5.